The van der Waals surface area contributed by atoms with Gasteiger partial charge in [0.15, 0.2) is 0 Å². The van der Waals surface area contributed by atoms with E-state index in [-0.39, 0.29) is 17.4 Å². The Hall–Kier alpha value is -2.83. The summed E-state index contributed by atoms with van der Waals surface area (Å²) in [4.78, 5) is 34.7. The highest BCUT2D eigenvalue weighted by atomic mass is 16.5. The lowest BCUT2D eigenvalue weighted by molar-refractivity contribution is -0.134. The van der Waals surface area contributed by atoms with E-state index in [9.17, 15) is 9.59 Å². The minimum atomic E-state index is -0.782. The fourth-order valence-electron chi connectivity index (χ4n) is 3.81. The van der Waals surface area contributed by atoms with Gasteiger partial charge in [-0.05, 0) is 30.2 Å². The van der Waals surface area contributed by atoms with Crippen LogP contribution in [0.3, 0.4) is 0 Å². The lowest BCUT2D eigenvalue weighted by Crippen LogP contribution is -2.43. The number of amides is 2. The molecule has 0 bridgehead atoms. The summed E-state index contributed by atoms with van der Waals surface area (Å²) in [6, 6.07) is 8.38. The van der Waals surface area contributed by atoms with Crippen LogP contribution in [0.5, 0.6) is 0 Å². The van der Waals surface area contributed by atoms with Crippen molar-refractivity contribution in [1.29, 1.82) is 0 Å². The number of benzene rings is 1. The molecule has 136 valence electrons. The van der Waals surface area contributed by atoms with Gasteiger partial charge in [0.25, 0.3) is 5.91 Å². The standard InChI is InChI=1S/C19H22N4O3/c1-26-18(25)22-15(13-5-3-2-4-6-13)17(24)23-12-19(7-8-19)11-14(23)16-20-9-10-21-16/h2-6,9-10,14-15H,7-8,11-12H2,1H3,(H,20,21)(H,22,25)/t14-,15-/m0/s1. The first kappa shape index (κ1) is 16.6. The predicted octanol–water partition coefficient (Wildman–Crippen LogP) is 2.56. The van der Waals surface area contributed by atoms with Crippen LogP contribution in [0.1, 0.15) is 42.7 Å². The van der Waals surface area contributed by atoms with Gasteiger partial charge in [-0.3, -0.25) is 4.79 Å². The number of imidazole rings is 1. The Labute approximate surface area is 151 Å². The van der Waals surface area contributed by atoms with Crippen molar-refractivity contribution in [3.05, 3.63) is 54.1 Å². The Balaban J connectivity index is 1.64. The van der Waals surface area contributed by atoms with E-state index >= 15 is 0 Å². The van der Waals surface area contributed by atoms with Crippen LogP contribution >= 0.6 is 0 Å². The molecule has 1 saturated carbocycles. The van der Waals surface area contributed by atoms with Crippen molar-refractivity contribution in [3.63, 3.8) is 0 Å². The van der Waals surface area contributed by atoms with Gasteiger partial charge >= 0.3 is 6.09 Å². The molecule has 0 radical (unpaired) electrons. The molecule has 2 amide bonds. The molecule has 1 spiro atoms. The molecule has 2 aromatic rings. The van der Waals surface area contributed by atoms with Gasteiger partial charge in [-0.1, -0.05) is 30.3 Å². The number of likely N-dealkylation sites (tertiary alicyclic amines) is 1. The number of carbonyl (C=O) groups is 2. The maximum absolute atomic E-state index is 13.4. The maximum Gasteiger partial charge on any atom is 0.407 e. The van der Waals surface area contributed by atoms with Gasteiger partial charge in [0.1, 0.15) is 11.9 Å². The summed E-state index contributed by atoms with van der Waals surface area (Å²) in [5, 5.41) is 2.69. The molecule has 1 aliphatic heterocycles. The number of aromatic nitrogens is 2. The number of nitrogens with one attached hydrogen (secondary N) is 2. The van der Waals surface area contributed by atoms with Gasteiger partial charge in [0.2, 0.25) is 0 Å². The summed E-state index contributed by atoms with van der Waals surface area (Å²) in [6.07, 6.45) is 6.03. The average molecular weight is 354 g/mol. The van der Waals surface area contributed by atoms with Crippen LogP contribution in [-0.4, -0.2) is 40.5 Å². The number of carbonyl (C=O) groups excluding carboxylic acids is 2. The van der Waals surface area contributed by atoms with Crippen LogP contribution in [-0.2, 0) is 9.53 Å². The van der Waals surface area contributed by atoms with Crippen molar-refractivity contribution in [2.45, 2.75) is 31.3 Å². The highest BCUT2D eigenvalue weighted by Gasteiger charge is 2.55. The summed E-state index contributed by atoms with van der Waals surface area (Å²) >= 11 is 0. The third kappa shape index (κ3) is 3.05. The van der Waals surface area contributed by atoms with Crippen molar-refractivity contribution < 1.29 is 14.3 Å². The monoisotopic (exact) mass is 354 g/mol. The van der Waals surface area contributed by atoms with E-state index < -0.39 is 12.1 Å². The predicted molar refractivity (Wildman–Crippen MR) is 94.0 cm³/mol. The number of nitrogens with zero attached hydrogens (tertiary/aromatic N) is 2. The molecule has 2 aliphatic rings. The van der Waals surface area contributed by atoms with Crippen molar-refractivity contribution in [1.82, 2.24) is 20.2 Å². The van der Waals surface area contributed by atoms with E-state index in [1.165, 1.54) is 7.11 Å². The van der Waals surface area contributed by atoms with Gasteiger partial charge in [0.05, 0.1) is 13.2 Å². The first-order chi connectivity index (χ1) is 12.6. The van der Waals surface area contributed by atoms with Crippen molar-refractivity contribution in [3.8, 4) is 0 Å². The molecular weight excluding hydrogens is 332 g/mol. The number of alkyl carbamates (subject to hydrolysis) is 1. The first-order valence-corrected chi connectivity index (χ1v) is 8.81. The lowest BCUT2D eigenvalue weighted by Gasteiger charge is -2.28. The minimum absolute atomic E-state index is 0.0920. The highest BCUT2D eigenvalue weighted by molar-refractivity contribution is 5.87. The maximum atomic E-state index is 13.4. The number of hydrogen-bond acceptors (Lipinski definition) is 4. The van der Waals surface area contributed by atoms with Crippen LogP contribution in [0, 0.1) is 5.41 Å². The third-order valence-corrected chi connectivity index (χ3v) is 5.41. The third-order valence-electron chi connectivity index (χ3n) is 5.41. The zero-order valence-electron chi connectivity index (χ0n) is 14.6. The van der Waals surface area contributed by atoms with Gasteiger partial charge in [-0.15, -0.1) is 0 Å². The Kier molecular flexibility index (Phi) is 4.14. The molecule has 1 aromatic heterocycles. The van der Waals surface area contributed by atoms with Gasteiger partial charge in [0, 0.05) is 18.9 Å². The summed E-state index contributed by atoms with van der Waals surface area (Å²) in [7, 11) is 1.29. The second-order valence-corrected chi connectivity index (χ2v) is 7.14. The molecule has 1 saturated heterocycles. The quantitative estimate of drug-likeness (QED) is 0.883. The Morgan fingerprint density at radius 1 is 1.35 bits per heavy atom. The number of hydrogen-bond donors (Lipinski definition) is 2. The second kappa shape index (κ2) is 6.48. The van der Waals surface area contributed by atoms with E-state index in [4.69, 9.17) is 4.74 Å². The Morgan fingerprint density at radius 2 is 2.12 bits per heavy atom. The summed E-state index contributed by atoms with van der Waals surface area (Å²) < 4.78 is 4.73. The fourth-order valence-corrected chi connectivity index (χ4v) is 3.81. The molecular formula is C19H22N4O3. The number of aromatic amines is 1. The summed E-state index contributed by atoms with van der Waals surface area (Å²) in [6.45, 7) is 0.698. The molecule has 7 nitrogen and oxygen atoms in total. The van der Waals surface area contributed by atoms with Crippen LogP contribution in [0.2, 0.25) is 0 Å². The first-order valence-electron chi connectivity index (χ1n) is 8.81. The molecule has 0 unspecified atom stereocenters. The molecule has 7 heteroatoms. The van der Waals surface area contributed by atoms with Crippen LogP contribution in [0.4, 0.5) is 4.79 Å². The number of methoxy groups -OCH3 is 1. The smallest absolute Gasteiger partial charge is 0.407 e. The number of rotatable bonds is 4. The second-order valence-electron chi connectivity index (χ2n) is 7.14. The van der Waals surface area contributed by atoms with Crippen LogP contribution < -0.4 is 5.32 Å². The fraction of sp³-hybridized carbons (Fsp3) is 0.421. The topological polar surface area (TPSA) is 87.3 Å². The number of H-pyrrole nitrogens is 1. The zero-order chi connectivity index (χ0) is 18.1. The van der Waals surface area contributed by atoms with Crippen molar-refractivity contribution in [2.24, 2.45) is 5.41 Å². The molecule has 2 heterocycles. The molecule has 2 N–H and O–H groups in total. The van der Waals surface area contributed by atoms with Crippen LogP contribution in [0.15, 0.2) is 42.7 Å². The molecule has 4 rings (SSSR count). The van der Waals surface area contributed by atoms with Gasteiger partial charge in [-0.25, -0.2) is 9.78 Å². The Bertz CT molecular complexity index is 786. The normalized spacial score (nSPS) is 21.4. The highest BCUT2D eigenvalue weighted by Crippen LogP contribution is 2.58. The largest absolute Gasteiger partial charge is 0.453 e. The van der Waals surface area contributed by atoms with E-state index in [0.717, 1.165) is 30.7 Å². The molecule has 1 aliphatic carbocycles. The van der Waals surface area contributed by atoms with E-state index in [0.29, 0.717) is 6.54 Å². The zero-order valence-corrected chi connectivity index (χ0v) is 14.6. The van der Waals surface area contributed by atoms with Crippen molar-refractivity contribution in [2.75, 3.05) is 13.7 Å². The van der Waals surface area contributed by atoms with Gasteiger partial charge in [-0.2, -0.15) is 0 Å². The summed E-state index contributed by atoms with van der Waals surface area (Å²) in [5.74, 6) is 0.666. The average Bonchev–Trinajstić information content (AvgIpc) is 3.07. The molecule has 1 aromatic carbocycles. The van der Waals surface area contributed by atoms with Gasteiger partial charge < -0.3 is 19.9 Å². The molecule has 2 fully saturated rings. The Morgan fingerprint density at radius 3 is 2.73 bits per heavy atom. The van der Waals surface area contributed by atoms with Crippen LogP contribution in [0.25, 0.3) is 0 Å². The lowest BCUT2D eigenvalue weighted by atomic mass is 10.0. The van der Waals surface area contributed by atoms with E-state index in [1.807, 2.05) is 35.2 Å². The van der Waals surface area contributed by atoms with E-state index in [2.05, 4.69) is 15.3 Å². The minimum Gasteiger partial charge on any atom is -0.453 e. The van der Waals surface area contributed by atoms with E-state index in [1.54, 1.807) is 12.4 Å². The number of ether oxygens (including phenoxy) is 1. The summed E-state index contributed by atoms with van der Waals surface area (Å²) in [5.41, 5.74) is 0.942. The SMILES string of the molecule is COC(=O)N[C@H](C(=O)N1CC2(CC2)C[C@H]1c1ncc[nH]1)c1ccccc1. The molecule has 26 heavy (non-hydrogen) atoms. The molecule has 2 atom stereocenters. The van der Waals surface area contributed by atoms with Crippen molar-refractivity contribution >= 4 is 12.0 Å².